The van der Waals surface area contributed by atoms with Gasteiger partial charge >= 0.3 is 0 Å². The number of hydrogen-bond donors (Lipinski definition) is 1. The third-order valence-electron chi connectivity index (χ3n) is 4.83. The van der Waals surface area contributed by atoms with E-state index in [1.165, 1.54) is 28.6 Å². The first-order chi connectivity index (χ1) is 14.2. The summed E-state index contributed by atoms with van der Waals surface area (Å²) in [5.41, 5.74) is 0.590. The highest BCUT2D eigenvalue weighted by Gasteiger charge is 2.33. The third-order valence-corrected chi connectivity index (χ3v) is 7.21. The lowest BCUT2D eigenvalue weighted by atomic mass is 9.98. The van der Waals surface area contributed by atoms with Gasteiger partial charge < -0.3 is 5.32 Å². The highest BCUT2D eigenvalue weighted by molar-refractivity contribution is 7.88. The van der Waals surface area contributed by atoms with Crippen molar-refractivity contribution in [2.75, 3.05) is 18.4 Å². The minimum Gasteiger partial charge on any atom is -0.326 e. The summed E-state index contributed by atoms with van der Waals surface area (Å²) in [6, 6.07) is 10.2. The van der Waals surface area contributed by atoms with Gasteiger partial charge in [-0.2, -0.15) is 0 Å². The molecule has 0 radical (unpaired) electrons. The minimum absolute atomic E-state index is 0.0360. The van der Waals surface area contributed by atoms with Gasteiger partial charge in [-0.1, -0.05) is 35.3 Å². The Balaban J connectivity index is 1.68. The van der Waals surface area contributed by atoms with Crippen LogP contribution < -0.4 is 5.32 Å². The van der Waals surface area contributed by atoms with Crippen LogP contribution in [0.5, 0.6) is 0 Å². The monoisotopic (exact) mass is 471 g/mol. The summed E-state index contributed by atoms with van der Waals surface area (Å²) in [5.74, 6) is -1.23. The molecule has 0 unspecified atom stereocenters. The number of rotatable bonds is 6. The van der Waals surface area contributed by atoms with E-state index in [4.69, 9.17) is 23.2 Å². The molecule has 3 rings (SSSR count). The molecule has 1 heterocycles. The SMILES string of the molecule is O=C(Nc1cccc([N+](=O)[O-])c1)[C@@H]1CCCN(S(=O)(=O)Cc2ccc(Cl)cc2Cl)C1. The molecule has 0 saturated carbocycles. The average Bonchev–Trinajstić information content (AvgIpc) is 2.70. The van der Waals surface area contributed by atoms with Gasteiger partial charge in [0.25, 0.3) is 5.69 Å². The van der Waals surface area contributed by atoms with Gasteiger partial charge in [-0.05, 0) is 36.6 Å². The van der Waals surface area contributed by atoms with Crippen molar-refractivity contribution in [3.05, 3.63) is 68.2 Å². The first kappa shape index (κ1) is 22.5. The van der Waals surface area contributed by atoms with E-state index in [0.29, 0.717) is 35.7 Å². The zero-order chi connectivity index (χ0) is 21.9. The lowest BCUT2D eigenvalue weighted by Crippen LogP contribution is -2.44. The molecule has 1 aliphatic heterocycles. The van der Waals surface area contributed by atoms with Crippen molar-refractivity contribution in [2.45, 2.75) is 18.6 Å². The van der Waals surface area contributed by atoms with Gasteiger partial charge in [0.2, 0.25) is 15.9 Å². The molecular weight excluding hydrogens is 453 g/mol. The summed E-state index contributed by atoms with van der Waals surface area (Å²) >= 11 is 12.0. The molecule has 1 aliphatic rings. The zero-order valence-corrected chi connectivity index (χ0v) is 18.1. The van der Waals surface area contributed by atoms with E-state index in [2.05, 4.69) is 5.32 Å². The highest BCUT2D eigenvalue weighted by atomic mass is 35.5. The number of anilines is 1. The maximum absolute atomic E-state index is 12.9. The summed E-state index contributed by atoms with van der Waals surface area (Å²) in [6.07, 6.45) is 1.05. The molecule has 1 N–H and O–H groups in total. The summed E-state index contributed by atoms with van der Waals surface area (Å²) in [5, 5.41) is 14.2. The standard InChI is InChI=1S/C19H19Cl2N3O5S/c20-15-7-6-14(18(21)9-15)12-30(28,29)23-8-2-3-13(11-23)19(25)22-16-4-1-5-17(10-16)24(26)27/h1,4-7,9-10,13H,2-3,8,11-12H2,(H,22,25)/t13-/m1/s1. The Hall–Kier alpha value is -2.20. The molecule has 1 amide bonds. The van der Waals surface area contributed by atoms with E-state index in [-0.39, 0.29) is 28.9 Å². The quantitative estimate of drug-likeness (QED) is 0.503. The molecule has 0 aromatic heterocycles. The van der Waals surface area contributed by atoms with Gasteiger partial charge in [-0.15, -0.1) is 0 Å². The van der Waals surface area contributed by atoms with Crippen molar-refractivity contribution in [3.63, 3.8) is 0 Å². The topological polar surface area (TPSA) is 110 Å². The van der Waals surface area contributed by atoms with Crippen LogP contribution in [0.3, 0.4) is 0 Å². The predicted octanol–water partition coefficient (Wildman–Crippen LogP) is 4.08. The second-order valence-corrected chi connectivity index (χ2v) is 9.80. The first-order valence-electron chi connectivity index (χ1n) is 9.13. The van der Waals surface area contributed by atoms with Crippen molar-refractivity contribution in [1.29, 1.82) is 0 Å². The van der Waals surface area contributed by atoms with E-state index < -0.39 is 20.9 Å². The van der Waals surface area contributed by atoms with Crippen LogP contribution in [0.1, 0.15) is 18.4 Å². The van der Waals surface area contributed by atoms with Gasteiger partial charge in [-0.25, -0.2) is 12.7 Å². The number of benzene rings is 2. The van der Waals surface area contributed by atoms with Crippen molar-refractivity contribution >= 4 is 50.5 Å². The van der Waals surface area contributed by atoms with E-state index in [9.17, 15) is 23.3 Å². The fourth-order valence-electron chi connectivity index (χ4n) is 3.28. The Labute approximate surface area is 184 Å². The lowest BCUT2D eigenvalue weighted by molar-refractivity contribution is -0.384. The number of halogens is 2. The van der Waals surface area contributed by atoms with Crippen LogP contribution in [0.25, 0.3) is 0 Å². The predicted molar refractivity (Wildman–Crippen MR) is 115 cm³/mol. The van der Waals surface area contributed by atoms with Crippen LogP contribution >= 0.6 is 23.2 Å². The maximum atomic E-state index is 12.9. The maximum Gasteiger partial charge on any atom is 0.271 e. The number of nitrogens with zero attached hydrogens (tertiary/aromatic N) is 2. The molecule has 1 fully saturated rings. The number of amides is 1. The smallest absolute Gasteiger partial charge is 0.271 e. The normalized spacial score (nSPS) is 17.5. The molecule has 0 aliphatic carbocycles. The molecule has 11 heteroatoms. The molecule has 2 aromatic carbocycles. The number of piperidine rings is 1. The van der Waals surface area contributed by atoms with Crippen LogP contribution in [-0.4, -0.2) is 36.6 Å². The fourth-order valence-corrected chi connectivity index (χ4v) is 5.47. The van der Waals surface area contributed by atoms with Crippen molar-refractivity contribution in [2.24, 2.45) is 5.92 Å². The first-order valence-corrected chi connectivity index (χ1v) is 11.5. The Morgan fingerprint density at radius 2 is 2.00 bits per heavy atom. The molecule has 2 aromatic rings. The average molecular weight is 472 g/mol. The van der Waals surface area contributed by atoms with Gasteiger partial charge in [-0.3, -0.25) is 14.9 Å². The number of nitrogens with one attached hydrogen (secondary N) is 1. The van der Waals surface area contributed by atoms with Gasteiger partial charge in [0, 0.05) is 41.0 Å². The molecule has 1 atom stereocenters. The van der Waals surface area contributed by atoms with E-state index >= 15 is 0 Å². The van der Waals surface area contributed by atoms with Gasteiger partial charge in [0.1, 0.15) is 0 Å². The molecule has 0 spiro atoms. The number of non-ortho nitro benzene ring substituents is 1. The van der Waals surface area contributed by atoms with Crippen molar-refractivity contribution in [3.8, 4) is 0 Å². The van der Waals surface area contributed by atoms with Crippen LogP contribution in [0.2, 0.25) is 10.0 Å². The second kappa shape index (κ2) is 9.30. The van der Waals surface area contributed by atoms with Crippen LogP contribution in [0.4, 0.5) is 11.4 Å². The zero-order valence-electron chi connectivity index (χ0n) is 15.8. The number of nitro groups is 1. The number of carbonyl (C=O) groups is 1. The summed E-state index contributed by atoms with van der Waals surface area (Å²) < 4.78 is 27.0. The summed E-state index contributed by atoms with van der Waals surface area (Å²) in [6.45, 7) is 0.350. The van der Waals surface area contributed by atoms with Crippen LogP contribution in [0, 0.1) is 16.0 Å². The Morgan fingerprint density at radius 3 is 2.70 bits per heavy atom. The molecule has 160 valence electrons. The Morgan fingerprint density at radius 1 is 1.23 bits per heavy atom. The molecular formula is C19H19Cl2N3O5S. The van der Waals surface area contributed by atoms with E-state index in [1.807, 2.05) is 0 Å². The van der Waals surface area contributed by atoms with Crippen LogP contribution in [0.15, 0.2) is 42.5 Å². The third kappa shape index (κ3) is 5.48. The second-order valence-electron chi connectivity index (χ2n) is 6.99. The van der Waals surface area contributed by atoms with Gasteiger partial charge in [0.05, 0.1) is 16.6 Å². The Bertz CT molecular complexity index is 1080. The van der Waals surface area contributed by atoms with Gasteiger partial charge in [0.15, 0.2) is 0 Å². The number of nitro benzene ring substituents is 1. The summed E-state index contributed by atoms with van der Waals surface area (Å²) in [7, 11) is -3.69. The fraction of sp³-hybridized carbons (Fsp3) is 0.316. The van der Waals surface area contributed by atoms with Crippen molar-refractivity contribution in [1.82, 2.24) is 4.31 Å². The van der Waals surface area contributed by atoms with E-state index in [1.54, 1.807) is 18.2 Å². The number of hydrogen-bond acceptors (Lipinski definition) is 5. The molecule has 0 bridgehead atoms. The van der Waals surface area contributed by atoms with Crippen LogP contribution in [-0.2, 0) is 20.6 Å². The highest BCUT2D eigenvalue weighted by Crippen LogP contribution is 2.27. The minimum atomic E-state index is -3.69. The molecule has 30 heavy (non-hydrogen) atoms. The largest absolute Gasteiger partial charge is 0.326 e. The molecule has 1 saturated heterocycles. The van der Waals surface area contributed by atoms with Crippen molar-refractivity contribution < 1.29 is 18.1 Å². The number of carbonyl (C=O) groups excluding carboxylic acids is 1. The molecule has 8 nitrogen and oxygen atoms in total. The summed E-state index contributed by atoms with van der Waals surface area (Å²) in [4.78, 5) is 23.0. The van der Waals surface area contributed by atoms with E-state index in [0.717, 1.165) is 0 Å². The Kier molecular flexibility index (Phi) is 6.97. The lowest BCUT2D eigenvalue weighted by Gasteiger charge is -2.31. The number of sulfonamides is 1.